The molecule has 0 amide bonds. The number of nitrogens with zero attached hydrogens (tertiary/aromatic N) is 2. The van der Waals surface area contributed by atoms with Gasteiger partial charge in [0.2, 0.25) is 0 Å². The van der Waals surface area contributed by atoms with Crippen LogP contribution in [0.15, 0.2) is 18.2 Å². The normalized spacial score (nSPS) is 15.7. The van der Waals surface area contributed by atoms with Gasteiger partial charge in [0.15, 0.2) is 0 Å². The predicted molar refractivity (Wildman–Crippen MR) is 69.7 cm³/mol. The van der Waals surface area contributed by atoms with Gasteiger partial charge in [0.25, 0.3) is 0 Å². The molecule has 1 saturated heterocycles. The van der Waals surface area contributed by atoms with Crippen molar-refractivity contribution in [2.45, 2.75) is 12.8 Å². The maximum absolute atomic E-state index is 8.82. The summed E-state index contributed by atoms with van der Waals surface area (Å²) in [6, 6.07) is 7.44. The zero-order valence-electron chi connectivity index (χ0n) is 9.95. The Kier molecular flexibility index (Phi) is 3.84. The third kappa shape index (κ3) is 3.11. The quantitative estimate of drug-likeness (QED) is 0.772. The summed E-state index contributed by atoms with van der Waals surface area (Å²) in [7, 11) is 0. The number of hydrogen-bond acceptors (Lipinski definition) is 4. The van der Waals surface area contributed by atoms with Crippen LogP contribution in [0, 0.1) is 11.3 Å². The third-order valence-corrected chi connectivity index (χ3v) is 3.12. The Bertz CT molecular complexity index is 416. The summed E-state index contributed by atoms with van der Waals surface area (Å²) in [6.45, 7) is 4.32. The van der Waals surface area contributed by atoms with E-state index in [-0.39, 0.29) is 0 Å². The number of hydrogen-bond donors (Lipinski definition) is 2. The number of rotatable bonds is 4. The molecular weight excluding hydrogens is 212 g/mol. The van der Waals surface area contributed by atoms with Gasteiger partial charge in [-0.1, -0.05) is 0 Å². The molecule has 4 heteroatoms. The molecule has 1 heterocycles. The van der Waals surface area contributed by atoms with E-state index in [4.69, 9.17) is 11.0 Å². The van der Waals surface area contributed by atoms with Crippen LogP contribution in [0.1, 0.15) is 18.4 Å². The minimum absolute atomic E-state index is 0.642. The van der Waals surface area contributed by atoms with E-state index in [2.05, 4.69) is 16.3 Å². The number of nitrogens with one attached hydrogen (secondary N) is 1. The fourth-order valence-electron chi connectivity index (χ4n) is 2.13. The van der Waals surface area contributed by atoms with Crippen LogP contribution in [0.5, 0.6) is 0 Å². The van der Waals surface area contributed by atoms with Crippen molar-refractivity contribution >= 4 is 11.4 Å². The molecule has 1 fully saturated rings. The molecule has 0 spiro atoms. The summed E-state index contributed by atoms with van der Waals surface area (Å²) in [6.07, 6.45) is 2.62. The zero-order chi connectivity index (χ0) is 12.1. The largest absolute Gasteiger partial charge is 0.397 e. The number of anilines is 2. The minimum atomic E-state index is 0.642. The first-order valence-electron chi connectivity index (χ1n) is 6.05. The van der Waals surface area contributed by atoms with E-state index >= 15 is 0 Å². The Morgan fingerprint density at radius 2 is 2.12 bits per heavy atom. The van der Waals surface area contributed by atoms with Crippen molar-refractivity contribution < 1.29 is 0 Å². The Morgan fingerprint density at radius 1 is 1.35 bits per heavy atom. The number of likely N-dealkylation sites (tertiary alicyclic amines) is 1. The second-order valence-electron chi connectivity index (χ2n) is 4.39. The van der Waals surface area contributed by atoms with Crippen molar-refractivity contribution in [3.8, 4) is 6.07 Å². The zero-order valence-corrected chi connectivity index (χ0v) is 9.95. The van der Waals surface area contributed by atoms with Gasteiger partial charge in [-0.05, 0) is 44.1 Å². The lowest BCUT2D eigenvalue weighted by atomic mass is 10.2. The van der Waals surface area contributed by atoms with Gasteiger partial charge in [0.05, 0.1) is 23.0 Å². The summed E-state index contributed by atoms with van der Waals surface area (Å²) >= 11 is 0. The van der Waals surface area contributed by atoms with Gasteiger partial charge >= 0.3 is 0 Å². The summed E-state index contributed by atoms with van der Waals surface area (Å²) < 4.78 is 0. The fourth-order valence-corrected chi connectivity index (χ4v) is 2.13. The Hall–Kier alpha value is -1.73. The molecular formula is C13H18N4. The summed E-state index contributed by atoms with van der Waals surface area (Å²) in [4.78, 5) is 2.44. The Labute approximate surface area is 102 Å². The van der Waals surface area contributed by atoms with Crippen molar-refractivity contribution in [2.24, 2.45) is 0 Å². The van der Waals surface area contributed by atoms with Crippen molar-refractivity contribution in [3.05, 3.63) is 23.8 Å². The molecule has 1 aliphatic heterocycles. The fraction of sp³-hybridized carbons (Fsp3) is 0.462. The minimum Gasteiger partial charge on any atom is -0.397 e. The molecule has 0 unspecified atom stereocenters. The SMILES string of the molecule is N#Cc1ccc(N)c(NCCN2CCCC2)c1. The lowest BCUT2D eigenvalue weighted by Gasteiger charge is -2.16. The summed E-state index contributed by atoms with van der Waals surface area (Å²) in [5.74, 6) is 0. The second-order valence-corrected chi connectivity index (χ2v) is 4.39. The standard InChI is InChI=1S/C13H18N4/c14-10-11-3-4-12(15)13(9-11)16-5-8-17-6-1-2-7-17/h3-4,9,16H,1-2,5-8,15H2. The smallest absolute Gasteiger partial charge is 0.0992 e. The Balaban J connectivity index is 1.87. The highest BCUT2D eigenvalue weighted by atomic mass is 15.1. The van der Waals surface area contributed by atoms with Gasteiger partial charge in [-0.3, -0.25) is 0 Å². The molecule has 0 bridgehead atoms. The van der Waals surface area contributed by atoms with Crippen LogP contribution in [0.2, 0.25) is 0 Å². The van der Waals surface area contributed by atoms with Crippen LogP contribution in [-0.4, -0.2) is 31.1 Å². The molecule has 0 radical (unpaired) electrons. The van der Waals surface area contributed by atoms with Crippen molar-refractivity contribution in [2.75, 3.05) is 37.2 Å². The molecule has 0 atom stereocenters. The molecule has 0 aromatic heterocycles. The summed E-state index contributed by atoms with van der Waals surface area (Å²) in [5, 5.41) is 12.1. The molecule has 1 aromatic rings. The average Bonchev–Trinajstić information content (AvgIpc) is 2.84. The van der Waals surface area contributed by atoms with E-state index in [9.17, 15) is 0 Å². The van der Waals surface area contributed by atoms with Gasteiger partial charge in [-0.2, -0.15) is 5.26 Å². The highest BCUT2D eigenvalue weighted by Crippen LogP contribution is 2.19. The maximum Gasteiger partial charge on any atom is 0.0992 e. The first kappa shape index (κ1) is 11.7. The van der Waals surface area contributed by atoms with Crippen molar-refractivity contribution in [1.82, 2.24) is 4.90 Å². The van der Waals surface area contributed by atoms with Crippen LogP contribution in [-0.2, 0) is 0 Å². The maximum atomic E-state index is 8.82. The lowest BCUT2D eigenvalue weighted by Crippen LogP contribution is -2.26. The van der Waals surface area contributed by atoms with Crippen LogP contribution in [0.3, 0.4) is 0 Å². The van der Waals surface area contributed by atoms with Gasteiger partial charge in [0.1, 0.15) is 0 Å². The molecule has 0 saturated carbocycles. The van der Waals surface area contributed by atoms with Gasteiger partial charge < -0.3 is 16.0 Å². The monoisotopic (exact) mass is 230 g/mol. The van der Waals surface area contributed by atoms with Crippen LogP contribution < -0.4 is 11.1 Å². The van der Waals surface area contributed by atoms with Gasteiger partial charge in [0, 0.05) is 13.1 Å². The van der Waals surface area contributed by atoms with E-state index < -0.39 is 0 Å². The summed E-state index contributed by atoms with van der Waals surface area (Å²) in [5.41, 5.74) is 8.06. The average molecular weight is 230 g/mol. The van der Waals surface area contributed by atoms with Gasteiger partial charge in [-0.25, -0.2) is 0 Å². The lowest BCUT2D eigenvalue weighted by molar-refractivity contribution is 0.353. The number of nitriles is 1. The topological polar surface area (TPSA) is 65.1 Å². The predicted octanol–water partition coefficient (Wildman–Crippen LogP) is 1.65. The van der Waals surface area contributed by atoms with Crippen LogP contribution in [0.4, 0.5) is 11.4 Å². The second kappa shape index (κ2) is 5.55. The highest BCUT2D eigenvalue weighted by Gasteiger charge is 2.10. The molecule has 17 heavy (non-hydrogen) atoms. The van der Waals surface area contributed by atoms with E-state index in [0.717, 1.165) is 18.8 Å². The molecule has 1 aliphatic rings. The molecule has 0 aliphatic carbocycles. The van der Waals surface area contributed by atoms with E-state index in [1.54, 1.807) is 18.2 Å². The van der Waals surface area contributed by atoms with E-state index in [1.165, 1.54) is 25.9 Å². The van der Waals surface area contributed by atoms with Crippen molar-refractivity contribution in [3.63, 3.8) is 0 Å². The van der Waals surface area contributed by atoms with E-state index in [0.29, 0.717) is 11.3 Å². The highest BCUT2D eigenvalue weighted by molar-refractivity contribution is 5.68. The van der Waals surface area contributed by atoms with Gasteiger partial charge in [-0.15, -0.1) is 0 Å². The Morgan fingerprint density at radius 3 is 2.82 bits per heavy atom. The van der Waals surface area contributed by atoms with Crippen molar-refractivity contribution in [1.29, 1.82) is 5.26 Å². The molecule has 1 aromatic carbocycles. The first-order valence-corrected chi connectivity index (χ1v) is 6.05. The molecule has 4 nitrogen and oxygen atoms in total. The number of nitrogens with two attached hydrogens (primary N) is 1. The molecule has 90 valence electrons. The third-order valence-electron chi connectivity index (χ3n) is 3.12. The van der Waals surface area contributed by atoms with E-state index in [1.807, 2.05) is 0 Å². The number of nitrogen functional groups attached to an aromatic ring is 1. The van der Waals surface area contributed by atoms with Crippen LogP contribution in [0.25, 0.3) is 0 Å². The first-order chi connectivity index (χ1) is 8.29. The number of benzene rings is 1. The molecule has 3 N–H and O–H groups in total. The van der Waals surface area contributed by atoms with Crippen LogP contribution >= 0.6 is 0 Å². The molecule has 2 rings (SSSR count).